The van der Waals surface area contributed by atoms with Gasteiger partial charge in [-0.2, -0.15) is 0 Å². The SMILES string of the molecule is CC(C)N([SiH2][SiH2]N(C(C)C)[SiH](C)C)C(C)C. The van der Waals surface area contributed by atoms with Gasteiger partial charge in [-0.05, 0) is 18.1 Å². The molecule has 98 valence electrons. The molecule has 0 aliphatic heterocycles. The lowest BCUT2D eigenvalue weighted by molar-refractivity contribution is 0.316. The summed E-state index contributed by atoms with van der Waals surface area (Å²) in [5.41, 5.74) is 0. The monoisotopic (exact) mass is 276 g/mol. The Morgan fingerprint density at radius 3 is 1.44 bits per heavy atom. The summed E-state index contributed by atoms with van der Waals surface area (Å²) in [6.07, 6.45) is 0. The smallest absolute Gasteiger partial charge is 0.0979 e. The first-order valence-electron chi connectivity index (χ1n) is 6.78. The fourth-order valence-electron chi connectivity index (χ4n) is 2.46. The van der Waals surface area contributed by atoms with E-state index in [-0.39, 0.29) is 18.4 Å². The molecule has 0 heterocycles. The van der Waals surface area contributed by atoms with Crippen LogP contribution in [0.3, 0.4) is 0 Å². The highest BCUT2D eigenvalue weighted by molar-refractivity contribution is 7.00. The zero-order chi connectivity index (χ0) is 12.9. The van der Waals surface area contributed by atoms with Gasteiger partial charge in [-0.25, -0.2) is 0 Å². The van der Waals surface area contributed by atoms with Crippen molar-refractivity contribution in [3.63, 3.8) is 0 Å². The van der Waals surface area contributed by atoms with Crippen molar-refractivity contribution in [3.05, 3.63) is 0 Å². The van der Waals surface area contributed by atoms with Crippen molar-refractivity contribution in [2.75, 3.05) is 0 Å². The Labute approximate surface area is 109 Å². The van der Waals surface area contributed by atoms with Gasteiger partial charge < -0.3 is 8.80 Å². The van der Waals surface area contributed by atoms with Crippen molar-refractivity contribution in [2.24, 2.45) is 0 Å². The van der Waals surface area contributed by atoms with E-state index in [4.69, 9.17) is 0 Å². The van der Waals surface area contributed by atoms with Crippen LogP contribution in [0.1, 0.15) is 41.5 Å². The van der Waals surface area contributed by atoms with Crippen molar-refractivity contribution >= 4 is 27.4 Å². The van der Waals surface area contributed by atoms with Crippen LogP contribution in [0.15, 0.2) is 0 Å². The topological polar surface area (TPSA) is 6.48 Å². The fourth-order valence-corrected chi connectivity index (χ4v) is 19.4. The first-order chi connectivity index (χ1) is 7.27. The first-order valence-corrected chi connectivity index (χ1v) is 14.9. The van der Waals surface area contributed by atoms with E-state index in [9.17, 15) is 0 Å². The lowest BCUT2D eigenvalue weighted by Crippen LogP contribution is -2.52. The largest absolute Gasteiger partial charge is 0.352 e. The molecule has 0 radical (unpaired) electrons. The number of nitrogens with zero attached hydrogens (tertiary/aromatic N) is 2. The van der Waals surface area contributed by atoms with Gasteiger partial charge in [-0.15, -0.1) is 0 Å². The Kier molecular flexibility index (Phi) is 8.09. The van der Waals surface area contributed by atoms with Gasteiger partial charge in [0, 0.05) is 0 Å². The minimum atomic E-state index is -0.562. The average Bonchev–Trinajstić information content (AvgIpc) is 2.09. The lowest BCUT2D eigenvalue weighted by Gasteiger charge is -2.35. The number of hydrogen-bond acceptors (Lipinski definition) is 2. The first kappa shape index (κ1) is 16.6. The number of rotatable bonds is 7. The minimum absolute atomic E-state index is 0.0302. The third-order valence-corrected chi connectivity index (χ3v) is 16.8. The average molecular weight is 277 g/mol. The summed E-state index contributed by atoms with van der Waals surface area (Å²) >= 11 is 0. The van der Waals surface area contributed by atoms with Crippen LogP contribution in [0.25, 0.3) is 0 Å². The zero-order valence-electron chi connectivity index (χ0n) is 12.6. The Bertz CT molecular complexity index is 148. The second-order valence-electron chi connectivity index (χ2n) is 5.85. The van der Waals surface area contributed by atoms with Crippen LogP contribution in [-0.4, -0.2) is 54.3 Å². The molecule has 0 amide bonds. The standard InChI is InChI=1S/C11H32N2Si3/c1-9(2)12(10(3)4)14-15-13(11(5)6)16(7)8/h9-11,16H,14-15H2,1-8H3. The molecule has 0 unspecified atom stereocenters. The van der Waals surface area contributed by atoms with E-state index in [0.717, 1.165) is 18.1 Å². The minimum Gasteiger partial charge on any atom is -0.352 e. The van der Waals surface area contributed by atoms with Gasteiger partial charge in [-0.3, -0.25) is 0 Å². The number of hydrogen-bond donors (Lipinski definition) is 0. The van der Waals surface area contributed by atoms with Gasteiger partial charge in [0.15, 0.2) is 0 Å². The molecule has 16 heavy (non-hydrogen) atoms. The maximum Gasteiger partial charge on any atom is 0.0979 e. The molecule has 0 N–H and O–H groups in total. The van der Waals surface area contributed by atoms with Crippen molar-refractivity contribution < 1.29 is 0 Å². The molecule has 0 aliphatic rings. The van der Waals surface area contributed by atoms with E-state index >= 15 is 0 Å². The Morgan fingerprint density at radius 2 is 1.19 bits per heavy atom. The van der Waals surface area contributed by atoms with E-state index in [1.807, 2.05) is 0 Å². The molecule has 0 aromatic heterocycles. The van der Waals surface area contributed by atoms with Crippen molar-refractivity contribution in [1.82, 2.24) is 8.80 Å². The van der Waals surface area contributed by atoms with E-state index in [0.29, 0.717) is 0 Å². The summed E-state index contributed by atoms with van der Waals surface area (Å²) in [4.78, 5) is 0. The molecule has 0 fully saturated rings. The molecule has 2 nitrogen and oxygen atoms in total. The van der Waals surface area contributed by atoms with Crippen LogP contribution in [0, 0.1) is 0 Å². The van der Waals surface area contributed by atoms with E-state index in [1.54, 1.807) is 0 Å². The van der Waals surface area contributed by atoms with E-state index in [1.165, 1.54) is 0 Å². The summed E-state index contributed by atoms with van der Waals surface area (Å²) in [6.45, 7) is 19.1. The third-order valence-electron chi connectivity index (χ3n) is 3.27. The highest BCUT2D eigenvalue weighted by atomic mass is 29.2. The van der Waals surface area contributed by atoms with Crippen LogP contribution in [-0.2, 0) is 0 Å². The summed E-state index contributed by atoms with van der Waals surface area (Å²) < 4.78 is 5.70. The normalized spacial score (nSPS) is 14.6. The molecule has 0 rings (SSSR count). The molecule has 0 spiro atoms. The molecule has 0 saturated heterocycles. The molecular weight excluding hydrogens is 244 g/mol. The zero-order valence-corrected chi connectivity index (χ0v) is 16.6. The quantitative estimate of drug-likeness (QED) is 0.637. The van der Waals surface area contributed by atoms with Crippen LogP contribution in [0.2, 0.25) is 13.1 Å². The van der Waals surface area contributed by atoms with Crippen LogP contribution in [0.4, 0.5) is 0 Å². The third kappa shape index (κ3) is 5.77. The summed E-state index contributed by atoms with van der Waals surface area (Å²) in [6, 6.07) is 2.30. The predicted octanol–water partition coefficient (Wildman–Crippen LogP) is 0.882. The predicted molar refractivity (Wildman–Crippen MR) is 85.1 cm³/mol. The van der Waals surface area contributed by atoms with Crippen LogP contribution < -0.4 is 0 Å². The molecule has 0 aromatic carbocycles. The second-order valence-corrected chi connectivity index (χ2v) is 14.5. The van der Waals surface area contributed by atoms with Gasteiger partial charge >= 0.3 is 0 Å². The maximum absolute atomic E-state index is 2.91. The fraction of sp³-hybridized carbons (Fsp3) is 1.00. The molecule has 0 saturated carbocycles. The van der Waals surface area contributed by atoms with E-state index in [2.05, 4.69) is 63.4 Å². The summed E-state index contributed by atoms with van der Waals surface area (Å²) in [7, 11) is -0.474. The Balaban J connectivity index is 4.27. The molecule has 0 aliphatic carbocycles. The lowest BCUT2D eigenvalue weighted by atomic mass is 10.3. The van der Waals surface area contributed by atoms with Gasteiger partial charge in [0.1, 0.15) is 0 Å². The van der Waals surface area contributed by atoms with Gasteiger partial charge in [0.25, 0.3) is 0 Å². The maximum atomic E-state index is 2.91. The van der Waals surface area contributed by atoms with E-state index < -0.39 is 8.96 Å². The molecular formula is C11H32N2Si3. The second kappa shape index (κ2) is 7.81. The summed E-state index contributed by atoms with van der Waals surface area (Å²) in [5.74, 6) is 0. The van der Waals surface area contributed by atoms with Crippen LogP contribution >= 0.6 is 0 Å². The highest BCUT2D eigenvalue weighted by Gasteiger charge is 2.19. The van der Waals surface area contributed by atoms with Gasteiger partial charge in [-0.1, -0.05) is 54.6 Å². The molecule has 0 aromatic rings. The highest BCUT2D eigenvalue weighted by Crippen LogP contribution is 2.05. The van der Waals surface area contributed by atoms with Crippen molar-refractivity contribution in [3.8, 4) is 0 Å². The van der Waals surface area contributed by atoms with Crippen molar-refractivity contribution in [2.45, 2.75) is 72.8 Å². The van der Waals surface area contributed by atoms with Crippen molar-refractivity contribution in [1.29, 1.82) is 0 Å². The Hall–Kier alpha value is 0.571. The molecule has 0 atom stereocenters. The Morgan fingerprint density at radius 1 is 0.750 bits per heavy atom. The van der Waals surface area contributed by atoms with Gasteiger partial charge in [0.2, 0.25) is 0 Å². The molecule has 0 bridgehead atoms. The van der Waals surface area contributed by atoms with Gasteiger partial charge in [0.05, 0.1) is 27.4 Å². The summed E-state index contributed by atoms with van der Waals surface area (Å²) in [5, 5.41) is 0. The molecule has 5 heteroatoms. The van der Waals surface area contributed by atoms with Crippen LogP contribution in [0.5, 0.6) is 0 Å².